The number of carbonyl (C=O) groups is 2. The third-order valence-electron chi connectivity index (χ3n) is 2.55. The van der Waals surface area contributed by atoms with E-state index in [4.69, 9.17) is 5.11 Å². The van der Waals surface area contributed by atoms with Crippen molar-refractivity contribution in [2.45, 2.75) is 25.3 Å². The number of rotatable bonds is 4. The highest BCUT2D eigenvalue weighted by atomic mass is 16.4. The minimum Gasteiger partial charge on any atom is -0.480 e. The standard InChI is InChI=1S/C9H16N2O3/c1-10-8(12)4-6-11-5-2-3-7(11)9(13)14/h7H,2-6H2,1H3,(H,10,12)(H,13,14). The first kappa shape index (κ1) is 11.0. The van der Waals surface area contributed by atoms with Crippen molar-refractivity contribution in [3.8, 4) is 0 Å². The molecule has 80 valence electrons. The van der Waals surface area contributed by atoms with Crippen LogP contribution in [0.15, 0.2) is 0 Å². The summed E-state index contributed by atoms with van der Waals surface area (Å²) in [5.41, 5.74) is 0. The van der Waals surface area contributed by atoms with Crippen LogP contribution in [0.2, 0.25) is 0 Å². The van der Waals surface area contributed by atoms with Gasteiger partial charge in [0.1, 0.15) is 6.04 Å². The predicted molar refractivity (Wildman–Crippen MR) is 50.9 cm³/mol. The SMILES string of the molecule is CNC(=O)CCN1CCCC1C(=O)O. The van der Waals surface area contributed by atoms with Gasteiger partial charge in [0, 0.05) is 20.0 Å². The summed E-state index contributed by atoms with van der Waals surface area (Å²) >= 11 is 0. The molecule has 1 amide bonds. The van der Waals surface area contributed by atoms with Gasteiger partial charge in [-0.05, 0) is 19.4 Å². The lowest BCUT2D eigenvalue weighted by Gasteiger charge is -2.20. The Hall–Kier alpha value is -1.10. The van der Waals surface area contributed by atoms with E-state index in [1.807, 2.05) is 4.90 Å². The number of nitrogens with one attached hydrogen (secondary N) is 1. The summed E-state index contributed by atoms with van der Waals surface area (Å²) in [4.78, 5) is 23.6. The summed E-state index contributed by atoms with van der Waals surface area (Å²) in [5.74, 6) is -0.819. The van der Waals surface area contributed by atoms with Crippen LogP contribution in [0.4, 0.5) is 0 Å². The van der Waals surface area contributed by atoms with Crippen molar-refractivity contribution < 1.29 is 14.7 Å². The van der Waals surface area contributed by atoms with Crippen LogP contribution in [-0.4, -0.2) is 48.1 Å². The molecule has 5 heteroatoms. The number of carboxylic acid groups (broad SMARTS) is 1. The van der Waals surface area contributed by atoms with Gasteiger partial charge < -0.3 is 10.4 Å². The average molecular weight is 200 g/mol. The number of aliphatic carboxylic acids is 1. The van der Waals surface area contributed by atoms with Gasteiger partial charge in [-0.2, -0.15) is 0 Å². The van der Waals surface area contributed by atoms with Crippen LogP contribution in [0.1, 0.15) is 19.3 Å². The fourth-order valence-electron chi connectivity index (χ4n) is 1.74. The number of carbonyl (C=O) groups excluding carboxylic acids is 1. The van der Waals surface area contributed by atoms with E-state index in [9.17, 15) is 9.59 Å². The molecular weight excluding hydrogens is 184 g/mol. The maximum atomic E-state index is 11.0. The number of nitrogens with zero attached hydrogens (tertiary/aromatic N) is 1. The molecule has 1 rings (SSSR count). The quantitative estimate of drug-likeness (QED) is 0.652. The molecule has 0 aromatic carbocycles. The number of likely N-dealkylation sites (tertiary alicyclic amines) is 1. The largest absolute Gasteiger partial charge is 0.480 e. The summed E-state index contributed by atoms with van der Waals surface area (Å²) in [6.45, 7) is 1.32. The van der Waals surface area contributed by atoms with Crippen LogP contribution in [0.3, 0.4) is 0 Å². The highest BCUT2D eigenvalue weighted by Crippen LogP contribution is 2.17. The van der Waals surface area contributed by atoms with Gasteiger partial charge in [0.15, 0.2) is 0 Å². The topological polar surface area (TPSA) is 69.6 Å². The summed E-state index contributed by atoms with van der Waals surface area (Å²) in [7, 11) is 1.58. The van der Waals surface area contributed by atoms with Gasteiger partial charge in [-0.3, -0.25) is 14.5 Å². The Morgan fingerprint density at radius 2 is 2.29 bits per heavy atom. The molecular formula is C9H16N2O3. The maximum Gasteiger partial charge on any atom is 0.320 e. The Kier molecular flexibility index (Phi) is 3.88. The Balaban J connectivity index is 2.36. The zero-order chi connectivity index (χ0) is 10.6. The molecule has 1 saturated heterocycles. The zero-order valence-corrected chi connectivity index (χ0v) is 8.32. The molecule has 5 nitrogen and oxygen atoms in total. The minimum atomic E-state index is -0.778. The first-order chi connectivity index (χ1) is 6.65. The smallest absolute Gasteiger partial charge is 0.320 e. The first-order valence-corrected chi connectivity index (χ1v) is 4.82. The summed E-state index contributed by atoms with van der Waals surface area (Å²) in [6.07, 6.45) is 1.98. The Morgan fingerprint density at radius 1 is 1.57 bits per heavy atom. The van der Waals surface area contributed by atoms with Crippen molar-refractivity contribution in [3.63, 3.8) is 0 Å². The Bertz CT molecular complexity index is 230. The van der Waals surface area contributed by atoms with Crippen molar-refractivity contribution in [2.75, 3.05) is 20.1 Å². The molecule has 0 aliphatic carbocycles. The van der Waals surface area contributed by atoms with Crippen LogP contribution in [-0.2, 0) is 9.59 Å². The van der Waals surface area contributed by atoms with Crippen molar-refractivity contribution in [3.05, 3.63) is 0 Å². The van der Waals surface area contributed by atoms with E-state index in [0.29, 0.717) is 19.4 Å². The Morgan fingerprint density at radius 3 is 2.86 bits per heavy atom. The van der Waals surface area contributed by atoms with Crippen molar-refractivity contribution in [1.29, 1.82) is 0 Å². The number of amides is 1. The number of hydrogen-bond donors (Lipinski definition) is 2. The molecule has 0 aromatic rings. The van der Waals surface area contributed by atoms with Gasteiger partial charge in [-0.25, -0.2) is 0 Å². The zero-order valence-electron chi connectivity index (χ0n) is 8.32. The average Bonchev–Trinajstić information content (AvgIpc) is 2.62. The van der Waals surface area contributed by atoms with E-state index in [0.717, 1.165) is 13.0 Å². The number of hydrogen-bond acceptors (Lipinski definition) is 3. The summed E-state index contributed by atoms with van der Waals surface area (Å²) < 4.78 is 0. The number of carboxylic acids is 1. The van der Waals surface area contributed by atoms with Gasteiger partial charge >= 0.3 is 5.97 Å². The predicted octanol–water partition coefficient (Wildman–Crippen LogP) is -0.328. The van der Waals surface area contributed by atoms with Crippen LogP contribution < -0.4 is 5.32 Å². The van der Waals surface area contributed by atoms with Gasteiger partial charge in [-0.1, -0.05) is 0 Å². The third kappa shape index (κ3) is 2.70. The molecule has 0 aromatic heterocycles. The maximum absolute atomic E-state index is 11.0. The fraction of sp³-hybridized carbons (Fsp3) is 0.778. The monoisotopic (exact) mass is 200 g/mol. The second-order valence-electron chi connectivity index (χ2n) is 3.46. The molecule has 14 heavy (non-hydrogen) atoms. The van der Waals surface area contributed by atoms with Gasteiger partial charge in [0.25, 0.3) is 0 Å². The van der Waals surface area contributed by atoms with Crippen LogP contribution in [0.5, 0.6) is 0 Å². The van der Waals surface area contributed by atoms with E-state index < -0.39 is 5.97 Å². The second kappa shape index (κ2) is 4.95. The molecule has 0 spiro atoms. The van der Waals surface area contributed by atoms with E-state index >= 15 is 0 Å². The normalized spacial score (nSPS) is 22.2. The van der Waals surface area contributed by atoms with Crippen molar-refractivity contribution in [2.24, 2.45) is 0 Å². The fourth-order valence-corrected chi connectivity index (χ4v) is 1.74. The highest BCUT2D eigenvalue weighted by Gasteiger charge is 2.30. The third-order valence-corrected chi connectivity index (χ3v) is 2.55. The molecule has 1 aliphatic heterocycles. The molecule has 0 radical (unpaired) electrons. The molecule has 1 heterocycles. The van der Waals surface area contributed by atoms with Crippen molar-refractivity contribution >= 4 is 11.9 Å². The molecule has 1 aliphatic rings. The minimum absolute atomic E-state index is 0.0407. The lowest BCUT2D eigenvalue weighted by atomic mass is 10.2. The van der Waals surface area contributed by atoms with E-state index in [-0.39, 0.29) is 11.9 Å². The van der Waals surface area contributed by atoms with Crippen LogP contribution in [0.25, 0.3) is 0 Å². The van der Waals surface area contributed by atoms with Gasteiger partial charge in [0.05, 0.1) is 0 Å². The molecule has 1 fully saturated rings. The van der Waals surface area contributed by atoms with Crippen molar-refractivity contribution in [1.82, 2.24) is 10.2 Å². The molecule has 2 N–H and O–H groups in total. The van der Waals surface area contributed by atoms with E-state index in [2.05, 4.69) is 5.32 Å². The molecule has 0 bridgehead atoms. The van der Waals surface area contributed by atoms with Gasteiger partial charge in [-0.15, -0.1) is 0 Å². The Labute approximate surface area is 83.1 Å². The highest BCUT2D eigenvalue weighted by molar-refractivity contribution is 5.76. The van der Waals surface area contributed by atoms with Crippen LogP contribution >= 0.6 is 0 Å². The van der Waals surface area contributed by atoms with E-state index in [1.165, 1.54) is 0 Å². The summed E-state index contributed by atoms with van der Waals surface area (Å²) in [5, 5.41) is 11.4. The lowest BCUT2D eigenvalue weighted by molar-refractivity contribution is -0.142. The van der Waals surface area contributed by atoms with Crippen LogP contribution in [0, 0.1) is 0 Å². The summed E-state index contributed by atoms with van der Waals surface area (Å²) in [6, 6.07) is -0.389. The van der Waals surface area contributed by atoms with E-state index in [1.54, 1.807) is 7.05 Å². The molecule has 1 unspecified atom stereocenters. The molecule has 1 atom stereocenters. The lowest BCUT2D eigenvalue weighted by Crippen LogP contribution is -2.38. The van der Waals surface area contributed by atoms with Gasteiger partial charge in [0.2, 0.25) is 5.91 Å². The first-order valence-electron chi connectivity index (χ1n) is 4.82. The second-order valence-corrected chi connectivity index (χ2v) is 3.46. The molecule has 0 saturated carbocycles.